The molecule has 1 amide bonds. The van der Waals surface area contributed by atoms with Crippen LogP contribution in [0.4, 0.5) is 0 Å². The first-order chi connectivity index (χ1) is 12.1. The minimum Gasteiger partial charge on any atom is -0.496 e. The van der Waals surface area contributed by atoms with Crippen molar-refractivity contribution in [3.63, 3.8) is 0 Å². The molecule has 0 aromatic heterocycles. The lowest BCUT2D eigenvalue weighted by molar-refractivity contribution is -0.154. The number of hydrogen-bond acceptors (Lipinski definition) is 5. The summed E-state index contributed by atoms with van der Waals surface area (Å²) in [6, 6.07) is 16.3. The summed E-state index contributed by atoms with van der Waals surface area (Å²) in [6.45, 7) is 1.50. The van der Waals surface area contributed by atoms with Gasteiger partial charge < -0.3 is 19.5 Å². The number of benzene rings is 2. The summed E-state index contributed by atoms with van der Waals surface area (Å²) in [4.78, 5) is 23.7. The number of hydrogen-bond donors (Lipinski definition) is 1. The van der Waals surface area contributed by atoms with E-state index in [0.717, 1.165) is 5.56 Å². The molecule has 0 bridgehead atoms. The summed E-state index contributed by atoms with van der Waals surface area (Å²) in [5, 5.41) is 2.68. The first-order valence-corrected chi connectivity index (χ1v) is 7.87. The molecule has 2 aromatic rings. The van der Waals surface area contributed by atoms with Gasteiger partial charge in [-0.25, -0.2) is 4.79 Å². The van der Waals surface area contributed by atoms with E-state index in [9.17, 15) is 9.59 Å². The summed E-state index contributed by atoms with van der Waals surface area (Å²) >= 11 is 0. The monoisotopic (exact) mass is 343 g/mol. The van der Waals surface area contributed by atoms with Crippen molar-refractivity contribution in [3.05, 3.63) is 60.2 Å². The molecule has 25 heavy (non-hydrogen) atoms. The molecule has 132 valence electrons. The van der Waals surface area contributed by atoms with Gasteiger partial charge in [0.1, 0.15) is 11.5 Å². The van der Waals surface area contributed by atoms with Gasteiger partial charge in [0.25, 0.3) is 5.91 Å². The highest BCUT2D eigenvalue weighted by Gasteiger charge is 2.17. The van der Waals surface area contributed by atoms with Gasteiger partial charge >= 0.3 is 5.97 Å². The number of esters is 1. The smallest absolute Gasteiger partial charge is 0.347 e. The lowest BCUT2D eigenvalue weighted by atomic mass is 10.2. The van der Waals surface area contributed by atoms with E-state index in [-0.39, 0.29) is 13.2 Å². The van der Waals surface area contributed by atoms with E-state index in [1.54, 1.807) is 38.3 Å². The van der Waals surface area contributed by atoms with Crippen LogP contribution in [-0.2, 0) is 20.9 Å². The van der Waals surface area contributed by atoms with Crippen molar-refractivity contribution in [1.29, 1.82) is 0 Å². The molecule has 2 rings (SSSR count). The molecular formula is C19H21NO5. The number of carbonyl (C=O) groups excluding carboxylic acids is 2. The van der Waals surface area contributed by atoms with E-state index in [2.05, 4.69) is 5.32 Å². The van der Waals surface area contributed by atoms with Crippen LogP contribution < -0.4 is 14.8 Å². The van der Waals surface area contributed by atoms with E-state index in [0.29, 0.717) is 11.5 Å². The van der Waals surface area contributed by atoms with Crippen LogP contribution in [0.25, 0.3) is 0 Å². The predicted molar refractivity (Wildman–Crippen MR) is 92.3 cm³/mol. The SMILES string of the molecule is COc1ccccc1CNC(=O)COC(=O)[C@@H](C)Oc1ccccc1. The average Bonchev–Trinajstić information content (AvgIpc) is 2.65. The second kappa shape index (κ2) is 9.32. The number of rotatable bonds is 8. The molecule has 1 atom stereocenters. The Hall–Kier alpha value is -3.02. The quantitative estimate of drug-likeness (QED) is 0.745. The van der Waals surface area contributed by atoms with E-state index in [1.165, 1.54) is 0 Å². The first-order valence-electron chi connectivity index (χ1n) is 7.87. The summed E-state index contributed by atoms with van der Waals surface area (Å²) in [7, 11) is 1.57. The summed E-state index contributed by atoms with van der Waals surface area (Å²) in [5.41, 5.74) is 0.838. The van der Waals surface area contributed by atoms with Crippen molar-refractivity contribution < 1.29 is 23.8 Å². The molecule has 0 saturated carbocycles. The Morgan fingerprint density at radius 1 is 1.04 bits per heavy atom. The van der Waals surface area contributed by atoms with Crippen LogP contribution in [0, 0.1) is 0 Å². The van der Waals surface area contributed by atoms with E-state index in [1.807, 2.05) is 30.3 Å². The van der Waals surface area contributed by atoms with Crippen LogP contribution >= 0.6 is 0 Å². The maximum atomic E-state index is 11.9. The third-order valence-corrected chi connectivity index (χ3v) is 3.40. The molecule has 0 saturated heterocycles. The second-order valence-corrected chi connectivity index (χ2v) is 5.27. The van der Waals surface area contributed by atoms with Gasteiger partial charge in [-0.1, -0.05) is 36.4 Å². The van der Waals surface area contributed by atoms with Crippen molar-refractivity contribution in [1.82, 2.24) is 5.32 Å². The third kappa shape index (κ3) is 5.84. The van der Waals surface area contributed by atoms with Crippen LogP contribution in [0.3, 0.4) is 0 Å². The fraction of sp³-hybridized carbons (Fsp3) is 0.263. The standard InChI is InChI=1S/C19H21NO5/c1-14(25-16-9-4-3-5-10-16)19(22)24-13-18(21)20-12-15-8-6-7-11-17(15)23-2/h3-11,14H,12-13H2,1-2H3,(H,20,21)/t14-/m1/s1. The Morgan fingerprint density at radius 2 is 1.72 bits per heavy atom. The zero-order chi connectivity index (χ0) is 18.1. The van der Waals surface area contributed by atoms with Crippen LogP contribution in [0.2, 0.25) is 0 Å². The number of nitrogens with one attached hydrogen (secondary N) is 1. The number of carbonyl (C=O) groups is 2. The zero-order valence-corrected chi connectivity index (χ0v) is 14.2. The van der Waals surface area contributed by atoms with Crippen molar-refractivity contribution >= 4 is 11.9 Å². The van der Waals surface area contributed by atoms with Crippen LogP contribution in [0.1, 0.15) is 12.5 Å². The highest BCUT2D eigenvalue weighted by molar-refractivity contribution is 5.82. The lowest BCUT2D eigenvalue weighted by Gasteiger charge is -2.14. The van der Waals surface area contributed by atoms with Crippen LogP contribution in [0.15, 0.2) is 54.6 Å². The van der Waals surface area contributed by atoms with Crippen molar-refractivity contribution in [2.24, 2.45) is 0 Å². The number of amides is 1. The molecule has 6 heteroatoms. The molecule has 0 aliphatic rings. The topological polar surface area (TPSA) is 73.9 Å². The largest absolute Gasteiger partial charge is 0.496 e. The molecule has 0 heterocycles. The predicted octanol–water partition coefficient (Wildman–Crippen LogP) is 2.32. The normalized spacial score (nSPS) is 11.3. The van der Waals surface area contributed by atoms with Gasteiger partial charge in [0, 0.05) is 12.1 Å². The molecule has 0 unspecified atom stereocenters. The van der Waals surface area contributed by atoms with Gasteiger partial charge in [-0.2, -0.15) is 0 Å². The average molecular weight is 343 g/mol. The maximum Gasteiger partial charge on any atom is 0.347 e. The highest BCUT2D eigenvalue weighted by Crippen LogP contribution is 2.16. The van der Waals surface area contributed by atoms with Crippen molar-refractivity contribution in [2.45, 2.75) is 19.6 Å². The Bertz CT molecular complexity index is 702. The van der Waals surface area contributed by atoms with Gasteiger partial charge in [-0.15, -0.1) is 0 Å². The molecule has 6 nitrogen and oxygen atoms in total. The Labute approximate surface area is 146 Å². The van der Waals surface area contributed by atoms with Crippen molar-refractivity contribution in [2.75, 3.05) is 13.7 Å². The molecule has 0 aliphatic heterocycles. The Morgan fingerprint density at radius 3 is 2.44 bits per heavy atom. The first kappa shape index (κ1) is 18.3. The van der Waals surface area contributed by atoms with E-state index < -0.39 is 18.0 Å². The van der Waals surface area contributed by atoms with Crippen LogP contribution in [0.5, 0.6) is 11.5 Å². The molecular weight excluding hydrogens is 322 g/mol. The highest BCUT2D eigenvalue weighted by atomic mass is 16.6. The Balaban J connectivity index is 1.74. The number of methoxy groups -OCH3 is 1. The third-order valence-electron chi connectivity index (χ3n) is 3.40. The lowest BCUT2D eigenvalue weighted by Crippen LogP contribution is -2.32. The maximum absolute atomic E-state index is 11.9. The van der Waals surface area contributed by atoms with Gasteiger partial charge in [0.05, 0.1) is 7.11 Å². The molecule has 0 spiro atoms. The summed E-state index contributed by atoms with van der Waals surface area (Å²) < 4.78 is 15.6. The molecule has 0 radical (unpaired) electrons. The van der Waals surface area contributed by atoms with E-state index in [4.69, 9.17) is 14.2 Å². The Kier molecular flexibility index (Phi) is 6.83. The fourth-order valence-electron chi connectivity index (χ4n) is 2.10. The minimum atomic E-state index is -0.801. The molecule has 0 aliphatic carbocycles. The molecule has 0 fully saturated rings. The van der Waals surface area contributed by atoms with Gasteiger partial charge in [0.15, 0.2) is 12.7 Å². The van der Waals surface area contributed by atoms with Crippen molar-refractivity contribution in [3.8, 4) is 11.5 Å². The fourth-order valence-corrected chi connectivity index (χ4v) is 2.10. The summed E-state index contributed by atoms with van der Waals surface area (Å²) in [6.07, 6.45) is -0.801. The zero-order valence-electron chi connectivity index (χ0n) is 14.2. The van der Waals surface area contributed by atoms with Crippen LogP contribution in [-0.4, -0.2) is 31.7 Å². The second-order valence-electron chi connectivity index (χ2n) is 5.27. The van der Waals surface area contributed by atoms with Gasteiger partial charge in [-0.05, 0) is 25.1 Å². The summed E-state index contributed by atoms with van der Waals surface area (Å²) in [5.74, 6) is 0.250. The van der Waals surface area contributed by atoms with Gasteiger partial charge in [0.2, 0.25) is 0 Å². The van der Waals surface area contributed by atoms with E-state index >= 15 is 0 Å². The minimum absolute atomic E-state index is 0.288. The molecule has 2 aromatic carbocycles. The number of ether oxygens (including phenoxy) is 3. The number of para-hydroxylation sites is 2. The molecule has 1 N–H and O–H groups in total. The van der Waals surface area contributed by atoms with Gasteiger partial charge in [-0.3, -0.25) is 4.79 Å².